The van der Waals surface area contributed by atoms with Gasteiger partial charge in [0, 0.05) is 18.5 Å². The fourth-order valence-corrected chi connectivity index (χ4v) is 3.40. The number of carbonyl (C=O) groups is 1. The number of carbonyl (C=O) groups excluding carboxylic acids is 1. The van der Waals surface area contributed by atoms with E-state index >= 15 is 0 Å². The Morgan fingerprint density at radius 2 is 1.69 bits per heavy atom. The molecule has 0 saturated carbocycles. The molecule has 2 aromatic carbocycles. The van der Waals surface area contributed by atoms with Crippen LogP contribution in [0.2, 0.25) is 0 Å². The van der Waals surface area contributed by atoms with Crippen molar-refractivity contribution in [2.45, 2.75) is 19.3 Å². The molecule has 2 heterocycles. The average Bonchev–Trinajstić information content (AvgIpc) is 2.68. The van der Waals surface area contributed by atoms with Crippen LogP contribution in [0.15, 0.2) is 63.8 Å². The zero-order valence-electron chi connectivity index (χ0n) is 14.4. The first kappa shape index (κ1) is 16.4. The first-order valence-corrected chi connectivity index (χ1v) is 8.90. The van der Waals surface area contributed by atoms with E-state index in [1.165, 1.54) is 6.42 Å². The van der Waals surface area contributed by atoms with Crippen LogP contribution in [0.5, 0.6) is 0 Å². The van der Waals surface area contributed by atoms with Gasteiger partial charge in [0.25, 0.3) is 5.91 Å². The van der Waals surface area contributed by atoms with E-state index in [2.05, 4.69) is 10.2 Å². The van der Waals surface area contributed by atoms with Crippen LogP contribution >= 0.6 is 0 Å². The first-order valence-electron chi connectivity index (χ1n) is 8.90. The second-order valence-corrected chi connectivity index (χ2v) is 6.50. The number of hydrogen-bond acceptors (Lipinski definition) is 4. The number of nitrogens with zero attached hydrogens (tertiary/aromatic N) is 1. The Morgan fingerprint density at radius 3 is 2.54 bits per heavy atom. The molecule has 5 nitrogen and oxygen atoms in total. The van der Waals surface area contributed by atoms with Crippen molar-refractivity contribution in [2.24, 2.45) is 0 Å². The van der Waals surface area contributed by atoms with Crippen LogP contribution < -0.4 is 15.8 Å². The van der Waals surface area contributed by atoms with Crippen LogP contribution in [-0.2, 0) is 0 Å². The van der Waals surface area contributed by atoms with Gasteiger partial charge in [-0.1, -0.05) is 30.3 Å². The number of rotatable bonds is 3. The van der Waals surface area contributed by atoms with Crippen molar-refractivity contribution in [3.63, 3.8) is 0 Å². The normalized spacial score (nSPS) is 14.4. The summed E-state index contributed by atoms with van der Waals surface area (Å²) in [6.07, 6.45) is 3.54. The fourth-order valence-electron chi connectivity index (χ4n) is 3.40. The minimum absolute atomic E-state index is 0.0112. The van der Waals surface area contributed by atoms with E-state index in [-0.39, 0.29) is 5.56 Å². The number of benzene rings is 2. The molecule has 0 radical (unpaired) electrons. The second-order valence-electron chi connectivity index (χ2n) is 6.50. The molecule has 0 atom stereocenters. The van der Waals surface area contributed by atoms with E-state index in [1.807, 2.05) is 36.4 Å². The number of piperidine rings is 1. The van der Waals surface area contributed by atoms with Crippen LogP contribution in [0.4, 0.5) is 11.4 Å². The molecule has 0 spiro atoms. The van der Waals surface area contributed by atoms with Gasteiger partial charge in [0.15, 0.2) is 0 Å². The minimum Gasteiger partial charge on any atom is -0.422 e. The maximum Gasteiger partial charge on any atom is 0.349 e. The van der Waals surface area contributed by atoms with Gasteiger partial charge >= 0.3 is 5.63 Å². The summed E-state index contributed by atoms with van der Waals surface area (Å²) in [4.78, 5) is 27.2. The molecule has 4 rings (SSSR count). The van der Waals surface area contributed by atoms with Crippen LogP contribution in [-0.4, -0.2) is 19.0 Å². The maximum absolute atomic E-state index is 12.7. The van der Waals surface area contributed by atoms with Crippen molar-refractivity contribution in [3.05, 3.63) is 70.6 Å². The van der Waals surface area contributed by atoms with Crippen LogP contribution in [0, 0.1) is 0 Å². The number of amides is 1. The van der Waals surface area contributed by atoms with Crippen molar-refractivity contribution in [1.29, 1.82) is 0 Å². The highest BCUT2D eigenvalue weighted by Gasteiger charge is 2.18. The van der Waals surface area contributed by atoms with Crippen LogP contribution in [0.1, 0.15) is 29.6 Å². The van der Waals surface area contributed by atoms with E-state index in [4.69, 9.17) is 4.42 Å². The van der Waals surface area contributed by atoms with E-state index in [9.17, 15) is 9.59 Å². The van der Waals surface area contributed by atoms with Gasteiger partial charge in [-0.05, 0) is 43.5 Å². The standard InChI is InChI=1S/C21H20N2O3/c24-20(16-14-15-8-2-5-11-19(15)26-21(16)25)22-17-9-3-4-10-18(17)23-12-6-1-7-13-23/h2-5,8-11,14H,1,6-7,12-13H2,(H,22,24). The van der Waals surface area contributed by atoms with Crippen molar-refractivity contribution in [1.82, 2.24) is 0 Å². The van der Waals surface area contributed by atoms with Crippen molar-refractivity contribution < 1.29 is 9.21 Å². The Bertz CT molecular complexity index is 1000. The Balaban J connectivity index is 1.65. The number of nitrogens with one attached hydrogen (secondary N) is 1. The number of hydrogen-bond donors (Lipinski definition) is 1. The Kier molecular flexibility index (Phi) is 4.44. The predicted molar refractivity (Wildman–Crippen MR) is 103 cm³/mol. The van der Waals surface area contributed by atoms with Gasteiger partial charge in [0.1, 0.15) is 11.1 Å². The Labute approximate surface area is 151 Å². The summed E-state index contributed by atoms with van der Waals surface area (Å²) in [5.41, 5.74) is 1.56. The van der Waals surface area contributed by atoms with E-state index in [0.717, 1.165) is 37.0 Å². The molecule has 3 aromatic rings. The van der Waals surface area contributed by atoms with E-state index in [1.54, 1.807) is 18.2 Å². The van der Waals surface area contributed by atoms with Gasteiger partial charge in [-0.25, -0.2) is 4.79 Å². The SMILES string of the molecule is O=C(Nc1ccccc1N1CCCCC1)c1cc2ccccc2oc1=O. The molecule has 0 unspecified atom stereocenters. The predicted octanol–water partition coefficient (Wildman–Crippen LogP) is 4.04. The van der Waals surface area contributed by atoms with Crippen LogP contribution in [0.3, 0.4) is 0 Å². The molecular formula is C21H20N2O3. The molecule has 1 saturated heterocycles. The molecule has 0 aliphatic carbocycles. The molecular weight excluding hydrogens is 328 g/mol. The summed E-state index contributed by atoms with van der Waals surface area (Å²) in [5.74, 6) is -0.450. The van der Waals surface area contributed by atoms with Crippen molar-refractivity contribution >= 4 is 28.3 Å². The summed E-state index contributed by atoms with van der Waals surface area (Å²) in [5, 5.41) is 3.61. The molecule has 1 aliphatic rings. The van der Waals surface area contributed by atoms with E-state index in [0.29, 0.717) is 11.3 Å². The Morgan fingerprint density at radius 1 is 0.962 bits per heavy atom. The molecule has 1 aromatic heterocycles. The molecule has 1 amide bonds. The summed E-state index contributed by atoms with van der Waals surface area (Å²) in [6, 6.07) is 16.5. The van der Waals surface area contributed by atoms with Gasteiger partial charge in [0.2, 0.25) is 0 Å². The van der Waals surface area contributed by atoms with Crippen molar-refractivity contribution in [3.8, 4) is 0 Å². The maximum atomic E-state index is 12.7. The lowest BCUT2D eigenvalue weighted by molar-refractivity contribution is 0.102. The zero-order valence-corrected chi connectivity index (χ0v) is 14.4. The third-order valence-electron chi connectivity index (χ3n) is 4.74. The summed E-state index contributed by atoms with van der Waals surface area (Å²) in [6.45, 7) is 1.95. The van der Waals surface area contributed by atoms with Gasteiger partial charge in [-0.3, -0.25) is 4.79 Å². The number of fused-ring (bicyclic) bond motifs is 1. The lowest BCUT2D eigenvalue weighted by Gasteiger charge is -2.30. The highest BCUT2D eigenvalue weighted by Crippen LogP contribution is 2.28. The molecule has 26 heavy (non-hydrogen) atoms. The summed E-state index contributed by atoms with van der Waals surface area (Å²) >= 11 is 0. The average molecular weight is 348 g/mol. The first-order chi connectivity index (χ1) is 12.7. The fraction of sp³-hybridized carbons (Fsp3) is 0.238. The highest BCUT2D eigenvalue weighted by molar-refractivity contribution is 6.06. The monoisotopic (exact) mass is 348 g/mol. The van der Waals surface area contributed by atoms with E-state index < -0.39 is 11.5 Å². The molecule has 1 fully saturated rings. The van der Waals surface area contributed by atoms with Gasteiger partial charge in [-0.15, -0.1) is 0 Å². The molecule has 1 aliphatic heterocycles. The summed E-state index contributed by atoms with van der Waals surface area (Å²) in [7, 11) is 0. The van der Waals surface area contributed by atoms with Gasteiger partial charge in [-0.2, -0.15) is 0 Å². The zero-order chi connectivity index (χ0) is 17.9. The van der Waals surface area contributed by atoms with Gasteiger partial charge < -0.3 is 14.6 Å². The molecule has 1 N–H and O–H groups in total. The largest absolute Gasteiger partial charge is 0.422 e. The van der Waals surface area contributed by atoms with Crippen molar-refractivity contribution in [2.75, 3.05) is 23.3 Å². The molecule has 5 heteroatoms. The smallest absolute Gasteiger partial charge is 0.349 e. The second kappa shape index (κ2) is 7.04. The topological polar surface area (TPSA) is 62.6 Å². The minimum atomic E-state index is -0.628. The van der Waals surface area contributed by atoms with Crippen LogP contribution in [0.25, 0.3) is 11.0 Å². The highest BCUT2D eigenvalue weighted by atomic mass is 16.4. The van der Waals surface area contributed by atoms with Gasteiger partial charge in [0.05, 0.1) is 11.4 Å². The third-order valence-corrected chi connectivity index (χ3v) is 4.74. The molecule has 132 valence electrons. The number of para-hydroxylation sites is 3. The molecule has 0 bridgehead atoms. The summed E-state index contributed by atoms with van der Waals surface area (Å²) < 4.78 is 5.27. The third kappa shape index (κ3) is 3.20. The number of anilines is 2. The lowest BCUT2D eigenvalue weighted by Crippen LogP contribution is -2.30. The Hall–Kier alpha value is -3.08. The lowest BCUT2D eigenvalue weighted by atomic mass is 10.1. The quantitative estimate of drug-likeness (QED) is 0.726.